The smallest absolute Gasteiger partial charge is 0.165 e. The van der Waals surface area contributed by atoms with E-state index >= 15 is 0 Å². The SMILES string of the molecule is CC(C)c1nc(/C=N/NC2NC(c3ccc(Br)cc3)=CS2)cc2c3ccccc3n(Cc3ccc(F)cc3)c12. The number of aromatic nitrogens is 2. The van der Waals surface area contributed by atoms with Gasteiger partial charge in [0.15, 0.2) is 5.50 Å². The molecule has 0 radical (unpaired) electrons. The van der Waals surface area contributed by atoms with Gasteiger partial charge < -0.3 is 9.88 Å². The highest BCUT2D eigenvalue weighted by molar-refractivity contribution is 9.10. The van der Waals surface area contributed by atoms with Gasteiger partial charge in [-0.05, 0) is 58.9 Å². The van der Waals surface area contributed by atoms with E-state index in [-0.39, 0.29) is 17.2 Å². The van der Waals surface area contributed by atoms with Gasteiger partial charge in [0.25, 0.3) is 0 Å². The van der Waals surface area contributed by atoms with Gasteiger partial charge in [-0.15, -0.1) is 0 Å². The Hall–Kier alpha value is -3.62. The topological polar surface area (TPSA) is 54.2 Å². The van der Waals surface area contributed by atoms with Gasteiger partial charge >= 0.3 is 0 Å². The second-order valence-corrected chi connectivity index (χ2v) is 11.7. The molecule has 5 aromatic rings. The molecule has 0 bridgehead atoms. The van der Waals surface area contributed by atoms with E-state index in [1.165, 1.54) is 12.1 Å². The molecule has 1 atom stereocenters. The summed E-state index contributed by atoms with van der Waals surface area (Å²) in [5.74, 6) is -0.0237. The molecule has 2 N–H and O–H groups in total. The van der Waals surface area contributed by atoms with Gasteiger partial charge in [-0.1, -0.05) is 84.0 Å². The second kappa shape index (κ2) is 10.9. The highest BCUT2D eigenvalue weighted by Crippen LogP contribution is 2.34. The number of hydrogen-bond donors (Lipinski definition) is 2. The molecule has 1 aliphatic rings. The normalized spacial score (nSPS) is 15.4. The fourth-order valence-electron chi connectivity index (χ4n) is 4.89. The van der Waals surface area contributed by atoms with E-state index < -0.39 is 0 Å². The summed E-state index contributed by atoms with van der Waals surface area (Å²) in [5, 5.41) is 12.4. The first-order valence-electron chi connectivity index (χ1n) is 12.8. The van der Waals surface area contributed by atoms with E-state index in [1.54, 1.807) is 18.0 Å². The number of benzene rings is 3. The Bertz CT molecular complexity index is 1710. The molecule has 2 aromatic heterocycles. The Labute approximate surface area is 239 Å². The van der Waals surface area contributed by atoms with E-state index in [0.717, 1.165) is 54.5 Å². The van der Waals surface area contributed by atoms with Gasteiger partial charge in [-0.2, -0.15) is 5.10 Å². The first kappa shape index (κ1) is 25.6. The molecule has 1 aliphatic heterocycles. The van der Waals surface area contributed by atoms with Crippen molar-refractivity contribution in [3.8, 4) is 0 Å². The van der Waals surface area contributed by atoms with Crippen molar-refractivity contribution in [3.63, 3.8) is 0 Å². The van der Waals surface area contributed by atoms with Crippen molar-refractivity contribution in [2.75, 3.05) is 0 Å². The Kier molecular flexibility index (Phi) is 7.14. The minimum Gasteiger partial charge on any atom is -0.355 e. The van der Waals surface area contributed by atoms with Crippen molar-refractivity contribution in [3.05, 3.63) is 117 Å². The summed E-state index contributed by atoms with van der Waals surface area (Å²) in [5.41, 5.74) is 10.4. The number of halogens is 2. The molecule has 3 heterocycles. The molecule has 5 nitrogen and oxygen atoms in total. The maximum Gasteiger partial charge on any atom is 0.165 e. The first-order valence-corrected chi connectivity index (χ1v) is 14.5. The van der Waals surface area contributed by atoms with Crippen LogP contribution < -0.4 is 10.7 Å². The zero-order valence-corrected chi connectivity index (χ0v) is 23.9. The molecule has 0 aliphatic carbocycles. The van der Waals surface area contributed by atoms with Crippen molar-refractivity contribution >= 4 is 61.4 Å². The molecule has 0 amide bonds. The maximum atomic E-state index is 13.6. The quantitative estimate of drug-likeness (QED) is 0.148. The van der Waals surface area contributed by atoms with Crippen LogP contribution >= 0.6 is 27.7 Å². The molecule has 8 heteroatoms. The fraction of sp³-hybridized carbons (Fsp3) is 0.161. The van der Waals surface area contributed by atoms with Crippen molar-refractivity contribution in [2.24, 2.45) is 5.10 Å². The van der Waals surface area contributed by atoms with Gasteiger partial charge in [-0.25, -0.2) is 9.37 Å². The standard InChI is InChI=1S/C31H27BrFN5S/c1-19(2)29-30-26(25-5-3-4-6-28(25)38(30)17-20-7-13-23(33)14-8-20)15-24(35-29)16-34-37-31-36-27(18-39-31)21-9-11-22(32)12-10-21/h3-16,18-19,31,36-37H,17H2,1-2H3/b34-16+. The van der Waals surface area contributed by atoms with Gasteiger partial charge in [0.2, 0.25) is 0 Å². The number of nitrogens with one attached hydrogen (secondary N) is 2. The van der Waals surface area contributed by atoms with E-state index in [9.17, 15) is 4.39 Å². The fourth-order valence-corrected chi connectivity index (χ4v) is 5.95. The van der Waals surface area contributed by atoms with Crippen LogP contribution in [0.15, 0.2) is 93.8 Å². The van der Waals surface area contributed by atoms with E-state index in [1.807, 2.05) is 24.3 Å². The van der Waals surface area contributed by atoms with Crippen LogP contribution in [0.4, 0.5) is 4.39 Å². The Morgan fingerprint density at radius 1 is 1.08 bits per heavy atom. The van der Waals surface area contributed by atoms with Crippen LogP contribution in [0.1, 0.15) is 42.3 Å². The third-order valence-electron chi connectivity index (χ3n) is 6.75. The predicted octanol–water partition coefficient (Wildman–Crippen LogP) is 7.80. The Balaban J connectivity index is 1.29. The summed E-state index contributed by atoms with van der Waals surface area (Å²) >= 11 is 5.13. The number of fused-ring (bicyclic) bond motifs is 3. The molecule has 39 heavy (non-hydrogen) atoms. The Morgan fingerprint density at radius 3 is 2.62 bits per heavy atom. The van der Waals surface area contributed by atoms with Crippen molar-refractivity contribution in [1.29, 1.82) is 0 Å². The molecule has 3 aromatic carbocycles. The van der Waals surface area contributed by atoms with Crippen molar-refractivity contribution in [1.82, 2.24) is 20.3 Å². The molecular formula is C31H27BrFN5S. The first-order chi connectivity index (χ1) is 19.0. The average Bonchev–Trinajstić information content (AvgIpc) is 3.53. The number of nitrogens with zero attached hydrogens (tertiary/aromatic N) is 3. The lowest BCUT2D eigenvalue weighted by atomic mass is 10.0. The summed E-state index contributed by atoms with van der Waals surface area (Å²) in [6.45, 7) is 4.96. The lowest BCUT2D eigenvalue weighted by molar-refractivity contribution is 0.626. The van der Waals surface area contributed by atoms with Crippen LogP contribution in [-0.4, -0.2) is 21.3 Å². The van der Waals surface area contributed by atoms with E-state index in [4.69, 9.17) is 4.98 Å². The molecular weight excluding hydrogens is 573 g/mol. The van der Waals surface area contributed by atoms with Crippen LogP contribution in [0, 0.1) is 5.82 Å². The second-order valence-electron chi connectivity index (χ2n) is 9.80. The summed E-state index contributed by atoms with van der Waals surface area (Å²) in [6, 6.07) is 25.5. The van der Waals surface area contributed by atoms with Crippen LogP contribution in [0.5, 0.6) is 0 Å². The molecule has 0 fully saturated rings. The third kappa shape index (κ3) is 5.31. The maximum absolute atomic E-state index is 13.6. The van der Waals surface area contributed by atoms with Crippen molar-refractivity contribution in [2.45, 2.75) is 31.8 Å². The highest BCUT2D eigenvalue weighted by atomic mass is 79.9. The molecule has 0 saturated carbocycles. The minimum atomic E-state index is -0.227. The average molecular weight is 601 g/mol. The molecule has 1 unspecified atom stereocenters. The summed E-state index contributed by atoms with van der Waals surface area (Å²) in [7, 11) is 0. The molecule has 0 saturated heterocycles. The highest BCUT2D eigenvalue weighted by Gasteiger charge is 2.19. The molecule has 0 spiro atoms. The van der Waals surface area contributed by atoms with Crippen LogP contribution in [0.2, 0.25) is 0 Å². The third-order valence-corrected chi connectivity index (χ3v) is 8.14. The number of rotatable bonds is 7. The van der Waals surface area contributed by atoms with E-state index in [0.29, 0.717) is 6.54 Å². The number of pyridine rings is 1. The van der Waals surface area contributed by atoms with Crippen molar-refractivity contribution < 1.29 is 4.39 Å². The van der Waals surface area contributed by atoms with Crippen LogP contribution in [0.25, 0.3) is 27.5 Å². The summed E-state index contributed by atoms with van der Waals surface area (Å²) in [6.07, 6.45) is 1.79. The van der Waals surface area contributed by atoms with Gasteiger partial charge in [-0.3, -0.25) is 5.43 Å². The lowest BCUT2D eigenvalue weighted by Crippen LogP contribution is -2.31. The monoisotopic (exact) mass is 599 g/mol. The lowest BCUT2D eigenvalue weighted by Gasteiger charge is -2.14. The molecule has 6 rings (SSSR count). The number of hydrogen-bond acceptors (Lipinski definition) is 5. The zero-order chi connectivity index (χ0) is 26.9. The van der Waals surface area contributed by atoms with Crippen LogP contribution in [0.3, 0.4) is 0 Å². The minimum absolute atomic E-state index is 0.0641. The van der Waals surface area contributed by atoms with Gasteiger partial charge in [0, 0.05) is 27.3 Å². The van der Waals surface area contributed by atoms with Crippen LogP contribution in [-0.2, 0) is 6.54 Å². The zero-order valence-electron chi connectivity index (χ0n) is 21.5. The Morgan fingerprint density at radius 2 is 1.85 bits per heavy atom. The largest absolute Gasteiger partial charge is 0.355 e. The number of thioether (sulfide) groups is 1. The number of para-hydroxylation sites is 1. The predicted molar refractivity (Wildman–Crippen MR) is 164 cm³/mol. The molecule has 196 valence electrons. The van der Waals surface area contributed by atoms with E-state index in [2.05, 4.69) is 98.1 Å². The van der Waals surface area contributed by atoms with Gasteiger partial charge in [0.05, 0.1) is 28.8 Å². The van der Waals surface area contributed by atoms with Gasteiger partial charge in [0.1, 0.15) is 5.82 Å². The summed E-state index contributed by atoms with van der Waals surface area (Å²) in [4.78, 5) is 5.03. The summed E-state index contributed by atoms with van der Waals surface area (Å²) < 4.78 is 16.9. The number of hydrazone groups is 1.